The second kappa shape index (κ2) is 12.9. The lowest BCUT2D eigenvalue weighted by Crippen LogP contribution is -2.32. The van der Waals surface area contributed by atoms with Crippen LogP contribution in [-0.4, -0.2) is 15.0 Å². The van der Waals surface area contributed by atoms with E-state index in [2.05, 4.69) is 221 Å². The minimum Gasteiger partial charge on any atom is -0.359 e. The summed E-state index contributed by atoms with van der Waals surface area (Å²) in [6.07, 6.45) is 0. The predicted octanol–water partition coefficient (Wildman–Crippen LogP) is 13.5. The average molecular weight is 741 g/mol. The molecular weight excluding hydrogens is 705 g/mol. The Kier molecular flexibility index (Phi) is 7.26. The normalized spacial score (nSPS) is 13.9. The number of para-hydroxylation sites is 3. The minimum absolute atomic E-state index is 0.0264. The van der Waals surface area contributed by atoms with Gasteiger partial charge in [0.25, 0.3) is 0 Å². The molecule has 2 aromatic heterocycles. The van der Waals surface area contributed by atoms with Gasteiger partial charge in [-0.1, -0.05) is 140 Å². The van der Waals surface area contributed by atoms with Crippen molar-refractivity contribution >= 4 is 65.9 Å². The Bertz CT molecular complexity index is 3390. The first-order valence-electron chi connectivity index (χ1n) is 19.9. The fourth-order valence-corrected chi connectivity index (χ4v) is 9.26. The highest BCUT2D eigenvalue weighted by molar-refractivity contribution is 6.25. The van der Waals surface area contributed by atoms with Crippen molar-refractivity contribution in [2.24, 2.45) is 4.99 Å². The third-order valence-corrected chi connectivity index (χ3v) is 12.0. The standard InChI is InChI=1S/C54H36N4/c1-3-13-35(14-4-1)36-23-25-38(26-24-36)53-44-20-9-11-21-47(44)55-54(56-53)39-27-30-41(31-28-39)57-48-22-12-10-19-43(48)45-33-46-51(34-50(45)57)58(40-16-5-2-6-17-40)49-32-29-37-15-7-8-18-42(37)52(46)49/h1-34,53H,(H,55,56). The molecule has 1 unspecified atom stereocenters. The van der Waals surface area contributed by atoms with Gasteiger partial charge in [-0.15, -0.1) is 0 Å². The van der Waals surface area contributed by atoms with Crippen molar-refractivity contribution in [3.05, 3.63) is 223 Å². The number of hydrogen-bond donors (Lipinski definition) is 1. The van der Waals surface area contributed by atoms with E-state index < -0.39 is 0 Å². The Morgan fingerprint density at radius 1 is 0.397 bits per heavy atom. The molecule has 0 spiro atoms. The highest BCUT2D eigenvalue weighted by Gasteiger charge is 2.25. The van der Waals surface area contributed by atoms with Gasteiger partial charge in [0.05, 0.1) is 33.8 Å². The van der Waals surface area contributed by atoms with E-state index in [1.165, 1.54) is 76.6 Å². The Morgan fingerprint density at radius 2 is 1.02 bits per heavy atom. The highest BCUT2D eigenvalue weighted by atomic mass is 15.1. The molecule has 1 aliphatic heterocycles. The molecule has 1 aliphatic rings. The molecular formula is C54H36N4. The van der Waals surface area contributed by atoms with Crippen molar-refractivity contribution in [2.75, 3.05) is 0 Å². The first-order chi connectivity index (χ1) is 28.8. The molecule has 9 aromatic carbocycles. The van der Waals surface area contributed by atoms with E-state index in [1.807, 2.05) is 0 Å². The van der Waals surface area contributed by atoms with E-state index in [0.29, 0.717) is 0 Å². The third kappa shape index (κ3) is 5.05. The van der Waals surface area contributed by atoms with Gasteiger partial charge in [0, 0.05) is 44.0 Å². The molecule has 3 heterocycles. The van der Waals surface area contributed by atoms with E-state index in [4.69, 9.17) is 4.99 Å². The summed E-state index contributed by atoms with van der Waals surface area (Å²) in [5.41, 5.74) is 13.8. The first-order valence-corrected chi connectivity index (χ1v) is 19.9. The monoisotopic (exact) mass is 740 g/mol. The van der Waals surface area contributed by atoms with Crippen molar-refractivity contribution in [3.63, 3.8) is 0 Å². The summed E-state index contributed by atoms with van der Waals surface area (Å²) in [6.45, 7) is 0. The summed E-state index contributed by atoms with van der Waals surface area (Å²) in [5, 5.41) is 11.4. The van der Waals surface area contributed by atoms with Crippen LogP contribution in [0.5, 0.6) is 0 Å². The molecule has 1 atom stereocenters. The van der Waals surface area contributed by atoms with Gasteiger partial charge in [-0.2, -0.15) is 0 Å². The van der Waals surface area contributed by atoms with Crippen LogP contribution in [0.25, 0.3) is 76.9 Å². The molecule has 0 saturated carbocycles. The van der Waals surface area contributed by atoms with Gasteiger partial charge in [0.15, 0.2) is 0 Å². The van der Waals surface area contributed by atoms with E-state index in [9.17, 15) is 0 Å². The van der Waals surface area contributed by atoms with Gasteiger partial charge in [0.1, 0.15) is 5.84 Å². The molecule has 11 aromatic rings. The number of nitrogens with zero attached hydrogens (tertiary/aromatic N) is 3. The van der Waals surface area contributed by atoms with Crippen LogP contribution in [0, 0.1) is 0 Å². The maximum absolute atomic E-state index is 5.16. The lowest BCUT2D eigenvalue weighted by Gasteiger charge is -2.28. The van der Waals surface area contributed by atoms with Crippen LogP contribution in [0.1, 0.15) is 22.7 Å². The molecule has 0 radical (unpaired) electrons. The van der Waals surface area contributed by atoms with Crippen LogP contribution in [0.2, 0.25) is 0 Å². The van der Waals surface area contributed by atoms with Crippen LogP contribution in [0.3, 0.4) is 0 Å². The summed E-state index contributed by atoms with van der Waals surface area (Å²) in [5.74, 6) is 0.867. The third-order valence-electron chi connectivity index (χ3n) is 12.0. The fraction of sp³-hybridized carbons (Fsp3) is 0.0185. The van der Waals surface area contributed by atoms with Crippen LogP contribution in [0.4, 0.5) is 5.69 Å². The van der Waals surface area contributed by atoms with Crippen molar-refractivity contribution in [2.45, 2.75) is 6.04 Å². The summed E-state index contributed by atoms with van der Waals surface area (Å²) in [6, 6.07) is 74.4. The van der Waals surface area contributed by atoms with Gasteiger partial charge in [-0.3, -0.25) is 0 Å². The number of rotatable bonds is 5. The van der Waals surface area contributed by atoms with Crippen molar-refractivity contribution in [3.8, 4) is 22.5 Å². The molecule has 0 fully saturated rings. The number of amidine groups is 1. The lowest BCUT2D eigenvalue weighted by atomic mass is 9.93. The Hall–Kier alpha value is -7.69. The second-order valence-corrected chi connectivity index (χ2v) is 15.2. The van der Waals surface area contributed by atoms with E-state index in [0.717, 1.165) is 28.5 Å². The van der Waals surface area contributed by atoms with Gasteiger partial charge >= 0.3 is 0 Å². The predicted molar refractivity (Wildman–Crippen MR) is 242 cm³/mol. The summed E-state index contributed by atoms with van der Waals surface area (Å²) in [4.78, 5) is 5.16. The minimum atomic E-state index is -0.0264. The number of nitrogens with one attached hydrogen (secondary N) is 1. The zero-order valence-corrected chi connectivity index (χ0v) is 31.5. The topological polar surface area (TPSA) is 34.2 Å². The highest BCUT2D eigenvalue weighted by Crippen LogP contribution is 2.42. The largest absolute Gasteiger partial charge is 0.359 e. The molecule has 12 rings (SSSR count). The molecule has 272 valence electrons. The maximum atomic E-state index is 5.16. The molecule has 1 N–H and O–H groups in total. The van der Waals surface area contributed by atoms with Gasteiger partial charge in [-0.05, 0) is 94.2 Å². The smallest absolute Gasteiger partial charge is 0.134 e. The second-order valence-electron chi connectivity index (χ2n) is 15.2. The van der Waals surface area contributed by atoms with Crippen molar-refractivity contribution in [1.82, 2.24) is 14.5 Å². The molecule has 0 aliphatic carbocycles. The number of benzene rings is 9. The number of aromatic nitrogens is 2. The Balaban J connectivity index is 0.992. The number of fused-ring (bicyclic) bond motifs is 9. The number of hydrogen-bond acceptors (Lipinski definition) is 2. The Labute approximate surface area is 335 Å². The zero-order chi connectivity index (χ0) is 38.2. The average Bonchev–Trinajstić information content (AvgIpc) is 3.80. The lowest BCUT2D eigenvalue weighted by molar-refractivity contribution is 0.749. The molecule has 0 saturated heterocycles. The maximum Gasteiger partial charge on any atom is 0.134 e. The van der Waals surface area contributed by atoms with E-state index >= 15 is 0 Å². The first kappa shape index (κ1) is 32.5. The van der Waals surface area contributed by atoms with Crippen LogP contribution in [-0.2, 0) is 0 Å². The van der Waals surface area contributed by atoms with Crippen molar-refractivity contribution in [1.29, 1.82) is 0 Å². The van der Waals surface area contributed by atoms with Crippen LogP contribution < -0.4 is 5.32 Å². The molecule has 58 heavy (non-hydrogen) atoms. The zero-order valence-electron chi connectivity index (χ0n) is 31.5. The summed E-state index contributed by atoms with van der Waals surface area (Å²) >= 11 is 0. The SMILES string of the molecule is c1ccc(-c2ccc(C3NC(c4ccc(-n5c6ccccc6c6cc7c8c9ccccc9ccc8n(-c8ccccc8)c7cc65)cc4)=Nc4ccccc43)cc2)cc1. The van der Waals surface area contributed by atoms with Crippen molar-refractivity contribution < 1.29 is 0 Å². The van der Waals surface area contributed by atoms with Gasteiger partial charge in [0.2, 0.25) is 0 Å². The van der Waals surface area contributed by atoms with Gasteiger partial charge in [-0.25, -0.2) is 4.99 Å². The molecule has 4 nitrogen and oxygen atoms in total. The van der Waals surface area contributed by atoms with Crippen LogP contribution >= 0.6 is 0 Å². The number of aliphatic imine (C=N–C) groups is 1. The van der Waals surface area contributed by atoms with Gasteiger partial charge < -0.3 is 14.5 Å². The van der Waals surface area contributed by atoms with E-state index in [1.54, 1.807) is 0 Å². The summed E-state index contributed by atoms with van der Waals surface area (Å²) in [7, 11) is 0. The molecule has 4 heteroatoms. The Morgan fingerprint density at radius 3 is 1.84 bits per heavy atom. The van der Waals surface area contributed by atoms with E-state index in [-0.39, 0.29) is 6.04 Å². The molecule has 0 amide bonds. The fourth-order valence-electron chi connectivity index (χ4n) is 9.26. The summed E-state index contributed by atoms with van der Waals surface area (Å²) < 4.78 is 4.85. The van der Waals surface area contributed by atoms with Crippen LogP contribution in [0.15, 0.2) is 211 Å². The quantitative estimate of drug-likeness (QED) is 0.187. The molecule has 0 bridgehead atoms.